The second-order valence-corrected chi connectivity index (χ2v) is 2.55. The summed E-state index contributed by atoms with van der Waals surface area (Å²) < 4.78 is 0. The van der Waals surface area contributed by atoms with Crippen LogP contribution in [0.5, 0.6) is 0 Å². The molecule has 1 N–H and O–H groups in total. The van der Waals surface area contributed by atoms with Gasteiger partial charge in [0.25, 0.3) is 0 Å². The van der Waals surface area contributed by atoms with E-state index < -0.39 is 5.60 Å². The topological polar surface area (TPSA) is 32.6 Å². The predicted octanol–water partition coefficient (Wildman–Crippen LogP) is 1.63. The van der Waals surface area contributed by atoms with Crippen LogP contribution in [0.15, 0.2) is 4.99 Å². The van der Waals surface area contributed by atoms with Gasteiger partial charge in [-0.15, -0.1) is 0 Å². The molecule has 3 heteroatoms. The fraction of sp³-hybridized carbons (Fsp3) is 0.875. The summed E-state index contributed by atoms with van der Waals surface area (Å²) in [5.41, 5.74) is 0.173. The first-order valence-electron chi connectivity index (χ1n) is 3.77. The van der Waals surface area contributed by atoms with Crippen LogP contribution in [0.2, 0.25) is 0 Å². The maximum atomic E-state index is 9.77. The Balaban J connectivity index is 0. The van der Waals surface area contributed by atoms with E-state index in [0.717, 1.165) is 18.6 Å². The molecule has 11 heavy (non-hydrogen) atoms. The van der Waals surface area contributed by atoms with E-state index in [0.29, 0.717) is 0 Å². The molecule has 1 radical (unpaired) electrons. The molecule has 0 unspecified atom stereocenters. The molecule has 2 nitrogen and oxygen atoms in total. The van der Waals surface area contributed by atoms with E-state index in [1.54, 1.807) is 7.05 Å². The van der Waals surface area contributed by atoms with Crippen LogP contribution < -0.4 is 0 Å². The standard InChI is InChI=1S/C8H17NO.Tb/c1-5-8(10,6-2)7(3)9-4;/h10H,5-6H2,1-4H3;. The van der Waals surface area contributed by atoms with Gasteiger partial charge < -0.3 is 5.11 Å². The number of aliphatic imine (C=N–C) groups is 1. The van der Waals surface area contributed by atoms with Gasteiger partial charge in [0, 0.05) is 51.4 Å². The van der Waals surface area contributed by atoms with E-state index >= 15 is 0 Å². The Morgan fingerprint density at radius 2 is 1.73 bits per heavy atom. The van der Waals surface area contributed by atoms with Crippen molar-refractivity contribution in [1.82, 2.24) is 0 Å². The second kappa shape index (κ2) is 6.43. The molecule has 0 amide bonds. The number of aliphatic hydroxyl groups is 1. The zero-order chi connectivity index (χ0) is 8.20. The van der Waals surface area contributed by atoms with Crippen LogP contribution in [0.1, 0.15) is 33.6 Å². The molecule has 0 aliphatic rings. The largest absolute Gasteiger partial charge is 0.384 e. The van der Waals surface area contributed by atoms with Gasteiger partial charge in [-0.25, -0.2) is 0 Å². The minimum absolute atomic E-state index is 0. The Kier molecular flexibility index (Phi) is 8.45. The Morgan fingerprint density at radius 1 is 1.36 bits per heavy atom. The van der Waals surface area contributed by atoms with Crippen molar-refractivity contribution in [3.63, 3.8) is 0 Å². The van der Waals surface area contributed by atoms with Crippen LogP contribution in [0, 0.1) is 38.6 Å². The average Bonchev–Trinajstić information content (AvgIpc) is 2.01. The predicted molar refractivity (Wildman–Crippen MR) is 44.6 cm³/mol. The van der Waals surface area contributed by atoms with E-state index in [2.05, 4.69) is 4.99 Å². The molecule has 0 rings (SSSR count). The maximum Gasteiger partial charge on any atom is 0.101 e. The molecule has 0 aliphatic heterocycles. The number of nitrogens with zero attached hydrogens (tertiary/aromatic N) is 1. The van der Waals surface area contributed by atoms with Crippen molar-refractivity contribution in [3.8, 4) is 0 Å². The first kappa shape index (κ1) is 14.4. The van der Waals surface area contributed by atoms with Crippen LogP contribution in [-0.4, -0.2) is 23.5 Å². The van der Waals surface area contributed by atoms with Crippen molar-refractivity contribution in [2.45, 2.75) is 39.2 Å². The molecule has 0 aromatic heterocycles. The van der Waals surface area contributed by atoms with Crippen LogP contribution in [-0.2, 0) is 0 Å². The summed E-state index contributed by atoms with van der Waals surface area (Å²) >= 11 is 0. The number of hydrogen-bond acceptors (Lipinski definition) is 2. The van der Waals surface area contributed by atoms with E-state index in [4.69, 9.17) is 0 Å². The van der Waals surface area contributed by atoms with Crippen molar-refractivity contribution in [2.24, 2.45) is 4.99 Å². The SMILES string of the molecule is CCC(O)(CC)C(C)=NC.[Tb]. The van der Waals surface area contributed by atoms with Crippen molar-refractivity contribution < 1.29 is 43.7 Å². The molecule has 0 heterocycles. The minimum atomic E-state index is -0.658. The van der Waals surface area contributed by atoms with E-state index in [1.807, 2.05) is 20.8 Å². The molecule has 0 saturated carbocycles. The van der Waals surface area contributed by atoms with Crippen molar-refractivity contribution in [2.75, 3.05) is 7.05 Å². The number of hydrogen-bond donors (Lipinski definition) is 1. The van der Waals surface area contributed by atoms with E-state index in [1.165, 1.54) is 0 Å². The molecule has 0 aliphatic carbocycles. The van der Waals surface area contributed by atoms with Gasteiger partial charge in [0.2, 0.25) is 0 Å². The van der Waals surface area contributed by atoms with Crippen molar-refractivity contribution in [1.29, 1.82) is 0 Å². The molecule has 0 saturated heterocycles. The molecule has 0 aromatic rings. The van der Waals surface area contributed by atoms with Gasteiger partial charge in [0.05, 0.1) is 0 Å². The summed E-state index contributed by atoms with van der Waals surface area (Å²) in [6.07, 6.45) is 1.49. The molecule has 0 spiro atoms. The summed E-state index contributed by atoms with van der Waals surface area (Å²) in [5.74, 6) is 0. The Hall–Kier alpha value is 0.916. The van der Waals surface area contributed by atoms with E-state index in [-0.39, 0.29) is 38.6 Å². The fourth-order valence-corrected chi connectivity index (χ4v) is 0.970. The monoisotopic (exact) mass is 302 g/mol. The van der Waals surface area contributed by atoms with Crippen LogP contribution >= 0.6 is 0 Å². The Labute approximate surface area is 99.9 Å². The fourth-order valence-electron chi connectivity index (χ4n) is 0.970. The van der Waals surface area contributed by atoms with Crippen molar-refractivity contribution >= 4 is 5.71 Å². The van der Waals surface area contributed by atoms with Gasteiger partial charge in [0.1, 0.15) is 5.60 Å². The Morgan fingerprint density at radius 3 is 1.82 bits per heavy atom. The van der Waals surface area contributed by atoms with Crippen LogP contribution in [0.3, 0.4) is 0 Å². The van der Waals surface area contributed by atoms with Crippen LogP contribution in [0.4, 0.5) is 0 Å². The summed E-state index contributed by atoms with van der Waals surface area (Å²) in [6.45, 7) is 5.81. The van der Waals surface area contributed by atoms with Gasteiger partial charge in [0.15, 0.2) is 0 Å². The normalized spacial score (nSPS) is 12.6. The Bertz CT molecular complexity index is 130. The summed E-state index contributed by atoms with van der Waals surface area (Å²) in [4.78, 5) is 3.97. The van der Waals surface area contributed by atoms with E-state index in [9.17, 15) is 5.11 Å². The average molecular weight is 302 g/mol. The molecular weight excluding hydrogens is 285 g/mol. The molecule has 0 bridgehead atoms. The molecule has 0 aromatic carbocycles. The zero-order valence-electron chi connectivity index (χ0n) is 7.64. The first-order chi connectivity index (χ1) is 4.60. The molecule has 0 atom stereocenters. The summed E-state index contributed by atoms with van der Waals surface area (Å²) in [7, 11) is 1.71. The first-order valence-corrected chi connectivity index (χ1v) is 3.77. The zero-order valence-corrected chi connectivity index (χ0v) is 9.78. The quantitative estimate of drug-likeness (QED) is 0.790. The molecule has 69 valence electrons. The van der Waals surface area contributed by atoms with Gasteiger partial charge in [-0.1, -0.05) is 13.8 Å². The van der Waals surface area contributed by atoms with Gasteiger partial charge in [-0.05, 0) is 19.8 Å². The maximum absolute atomic E-state index is 9.77. The number of rotatable bonds is 3. The molecular formula is C8H17NOTb. The minimum Gasteiger partial charge on any atom is -0.384 e. The van der Waals surface area contributed by atoms with Gasteiger partial charge >= 0.3 is 0 Å². The summed E-state index contributed by atoms with van der Waals surface area (Å²) in [6, 6.07) is 0. The summed E-state index contributed by atoms with van der Waals surface area (Å²) in [5, 5.41) is 9.77. The second-order valence-electron chi connectivity index (χ2n) is 2.55. The van der Waals surface area contributed by atoms with Crippen molar-refractivity contribution in [3.05, 3.63) is 0 Å². The van der Waals surface area contributed by atoms with Crippen LogP contribution in [0.25, 0.3) is 0 Å². The van der Waals surface area contributed by atoms with Gasteiger partial charge in [-0.3, -0.25) is 4.99 Å². The smallest absolute Gasteiger partial charge is 0.101 e. The third-order valence-corrected chi connectivity index (χ3v) is 2.18. The third kappa shape index (κ3) is 3.90. The van der Waals surface area contributed by atoms with Gasteiger partial charge in [-0.2, -0.15) is 0 Å². The molecule has 0 fully saturated rings. The third-order valence-electron chi connectivity index (χ3n) is 2.18.